The first-order chi connectivity index (χ1) is 8.99. The molecule has 0 unspecified atom stereocenters. The van der Waals surface area contributed by atoms with E-state index in [-0.39, 0.29) is 12.3 Å². The van der Waals surface area contributed by atoms with Crippen molar-refractivity contribution in [2.75, 3.05) is 0 Å². The summed E-state index contributed by atoms with van der Waals surface area (Å²) >= 11 is 2.14. The van der Waals surface area contributed by atoms with Gasteiger partial charge in [0.15, 0.2) is 5.78 Å². The molecule has 2 rings (SSSR count). The lowest BCUT2D eigenvalue weighted by atomic mass is 10.1. The van der Waals surface area contributed by atoms with E-state index in [0.717, 1.165) is 8.14 Å². The molecular weight excluding hydrogens is 359 g/mol. The molecule has 2 aromatic rings. The molecule has 0 amide bonds. The van der Waals surface area contributed by atoms with Crippen LogP contribution in [-0.4, -0.2) is 14.9 Å². The third-order valence-electron chi connectivity index (χ3n) is 2.71. The Morgan fingerprint density at radius 2 is 1.79 bits per heavy atom. The van der Waals surface area contributed by atoms with Gasteiger partial charge in [-0.25, -0.2) is 4.79 Å². The van der Waals surface area contributed by atoms with Crippen LogP contribution in [0.25, 0.3) is 0 Å². The molecule has 0 N–H and O–H groups in total. The maximum Gasteiger partial charge on any atom is 0.331 e. The summed E-state index contributed by atoms with van der Waals surface area (Å²) in [5, 5.41) is 0. The third kappa shape index (κ3) is 3.01. The Labute approximate surface area is 122 Å². The van der Waals surface area contributed by atoms with Crippen LogP contribution in [0.2, 0.25) is 0 Å². The smallest absolute Gasteiger partial charge is 0.303 e. The number of aromatic nitrogens is 2. The zero-order valence-electron chi connectivity index (χ0n) is 10.2. The maximum atomic E-state index is 12.0. The summed E-state index contributed by atoms with van der Waals surface area (Å²) in [7, 11) is 1.54. The molecule has 0 saturated heterocycles. The second-order valence-electron chi connectivity index (χ2n) is 4.06. The number of benzene rings is 1. The first kappa shape index (κ1) is 13.7. The molecular formula is C13H11IN2O3. The molecule has 6 heteroatoms. The van der Waals surface area contributed by atoms with E-state index in [1.54, 1.807) is 24.3 Å². The summed E-state index contributed by atoms with van der Waals surface area (Å²) in [6.07, 6.45) is 1.39. The minimum atomic E-state index is -0.494. The number of nitrogens with zero attached hydrogens (tertiary/aromatic N) is 2. The van der Waals surface area contributed by atoms with Crippen molar-refractivity contribution < 1.29 is 4.79 Å². The second-order valence-corrected chi connectivity index (χ2v) is 5.31. The zero-order chi connectivity index (χ0) is 14.0. The summed E-state index contributed by atoms with van der Waals surface area (Å²) in [4.78, 5) is 35.4. The van der Waals surface area contributed by atoms with Crippen molar-refractivity contribution in [2.45, 2.75) is 6.54 Å². The van der Waals surface area contributed by atoms with Crippen LogP contribution < -0.4 is 11.2 Å². The van der Waals surface area contributed by atoms with Gasteiger partial charge in [0, 0.05) is 28.4 Å². The van der Waals surface area contributed by atoms with Crippen LogP contribution in [0.4, 0.5) is 0 Å². The van der Waals surface area contributed by atoms with Gasteiger partial charge in [-0.2, -0.15) is 0 Å². The van der Waals surface area contributed by atoms with Crippen LogP contribution in [0.3, 0.4) is 0 Å². The number of carbonyl (C=O) groups excluding carboxylic acids is 1. The highest BCUT2D eigenvalue weighted by atomic mass is 127. The fourth-order valence-electron chi connectivity index (χ4n) is 1.63. The van der Waals surface area contributed by atoms with Crippen LogP contribution >= 0.6 is 22.6 Å². The predicted molar refractivity (Wildman–Crippen MR) is 79.4 cm³/mol. The van der Waals surface area contributed by atoms with Crippen molar-refractivity contribution in [2.24, 2.45) is 7.05 Å². The van der Waals surface area contributed by atoms with Crippen molar-refractivity contribution in [1.82, 2.24) is 9.13 Å². The van der Waals surface area contributed by atoms with Crippen molar-refractivity contribution in [1.29, 1.82) is 0 Å². The van der Waals surface area contributed by atoms with Gasteiger partial charge in [-0.1, -0.05) is 12.1 Å². The third-order valence-corrected chi connectivity index (χ3v) is 3.43. The fourth-order valence-corrected chi connectivity index (χ4v) is 1.99. The Bertz CT molecular complexity index is 729. The SMILES string of the molecule is Cn1ccc(=O)n(CC(=O)c2ccc(I)cc2)c1=O. The highest BCUT2D eigenvalue weighted by Crippen LogP contribution is 2.07. The molecule has 5 nitrogen and oxygen atoms in total. The Hall–Kier alpha value is -1.70. The van der Waals surface area contributed by atoms with Gasteiger partial charge in [-0.15, -0.1) is 0 Å². The number of carbonyl (C=O) groups is 1. The largest absolute Gasteiger partial charge is 0.331 e. The Morgan fingerprint density at radius 1 is 1.16 bits per heavy atom. The van der Waals surface area contributed by atoms with Crippen molar-refractivity contribution in [3.63, 3.8) is 0 Å². The van der Waals surface area contributed by atoms with Gasteiger partial charge in [-0.3, -0.25) is 14.2 Å². The molecule has 0 spiro atoms. The highest BCUT2D eigenvalue weighted by molar-refractivity contribution is 14.1. The predicted octanol–water partition coefficient (Wildman–Crippen LogP) is 1.03. The van der Waals surface area contributed by atoms with E-state index in [0.29, 0.717) is 5.56 Å². The number of Topliss-reactive ketones (excluding diaryl/α,β-unsaturated/α-hetero) is 1. The summed E-state index contributed by atoms with van der Waals surface area (Å²) in [6.45, 7) is -0.243. The number of halogens is 1. The maximum absolute atomic E-state index is 12.0. The van der Waals surface area contributed by atoms with E-state index in [2.05, 4.69) is 22.6 Å². The standard InChI is InChI=1S/C13H11IN2O3/c1-15-7-6-12(18)16(13(15)19)8-11(17)9-2-4-10(14)5-3-9/h2-7H,8H2,1H3. The van der Waals surface area contributed by atoms with Gasteiger partial charge in [0.1, 0.15) is 0 Å². The monoisotopic (exact) mass is 370 g/mol. The fraction of sp³-hybridized carbons (Fsp3) is 0.154. The molecule has 0 atom stereocenters. The molecule has 0 saturated carbocycles. The number of ketones is 1. The molecule has 98 valence electrons. The minimum absolute atomic E-state index is 0.243. The molecule has 0 aliphatic carbocycles. The van der Waals surface area contributed by atoms with E-state index in [1.165, 1.54) is 23.9 Å². The molecule has 1 aromatic carbocycles. The van der Waals surface area contributed by atoms with Gasteiger partial charge in [0.05, 0.1) is 6.54 Å². The van der Waals surface area contributed by atoms with Crippen LogP contribution in [0.5, 0.6) is 0 Å². The van der Waals surface area contributed by atoms with Crippen LogP contribution in [0.15, 0.2) is 46.1 Å². The molecule has 0 aliphatic heterocycles. The summed E-state index contributed by atoms with van der Waals surface area (Å²) in [6, 6.07) is 8.24. The number of hydrogen-bond donors (Lipinski definition) is 0. The molecule has 0 aliphatic rings. The van der Waals surface area contributed by atoms with Gasteiger partial charge in [0.2, 0.25) is 0 Å². The number of rotatable bonds is 3. The first-order valence-corrected chi connectivity index (χ1v) is 6.62. The lowest BCUT2D eigenvalue weighted by molar-refractivity contribution is 0.0968. The molecule has 0 bridgehead atoms. The van der Waals surface area contributed by atoms with Crippen molar-refractivity contribution in [3.8, 4) is 0 Å². The minimum Gasteiger partial charge on any atom is -0.303 e. The van der Waals surface area contributed by atoms with Crippen molar-refractivity contribution >= 4 is 28.4 Å². The average molecular weight is 370 g/mol. The topological polar surface area (TPSA) is 61.1 Å². The summed E-state index contributed by atoms with van der Waals surface area (Å²) in [5.74, 6) is -0.262. The Morgan fingerprint density at radius 3 is 2.42 bits per heavy atom. The van der Waals surface area contributed by atoms with Gasteiger partial charge >= 0.3 is 5.69 Å². The van der Waals surface area contributed by atoms with Gasteiger partial charge in [-0.05, 0) is 34.7 Å². The van der Waals surface area contributed by atoms with E-state index in [9.17, 15) is 14.4 Å². The van der Waals surface area contributed by atoms with Gasteiger partial charge in [0.25, 0.3) is 5.56 Å². The average Bonchev–Trinajstić information content (AvgIpc) is 2.40. The van der Waals surface area contributed by atoms with E-state index in [1.807, 2.05) is 0 Å². The second kappa shape index (κ2) is 5.52. The van der Waals surface area contributed by atoms with Crippen LogP contribution in [0.1, 0.15) is 10.4 Å². The number of hydrogen-bond acceptors (Lipinski definition) is 3. The Kier molecular flexibility index (Phi) is 3.98. The van der Waals surface area contributed by atoms with E-state index in [4.69, 9.17) is 0 Å². The Balaban J connectivity index is 2.34. The summed E-state index contributed by atoms with van der Waals surface area (Å²) < 4.78 is 3.21. The summed E-state index contributed by atoms with van der Waals surface area (Å²) in [5.41, 5.74) is -0.480. The van der Waals surface area contributed by atoms with Gasteiger partial charge < -0.3 is 4.57 Å². The molecule has 0 fully saturated rings. The zero-order valence-corrected chi connectivity index (χ0v) is 12.3. The molecule has 1 heterocycles. The quantitative estimate of drug-likeness (QED) is 0.599. The van der Waals surface area contributed by atoms with Crippen LogP contribution in [-0.2, 0) is 13.6 Å². The normalized spacial score (nSPS) is 10.4. The number of aryl methyl sites for hydroxylation is 1. The molecule has 1 aromatic heterocycles. The van der Waals surface area contributed by atoms with E-state index >= 15 is 0 Å². The first-order valence-electron chi connectivity index (χ1n) is 5.54. The lowest BCUT2D eigenvalue weighted by Crippen LogP contribution is -2.39. The highest BCUT2D eigenvalue weighted by Gasteiger charge is 2.10. The molecule has 19 heavy (non-hydrogen) atoms. The van der Waals surface area contributed by atoms with E-state index < -0.39 is 11.2 Å². The molecule has 0 radical (unpaired) electrons. The van der Waals surface area contributed by atoms with Crippen molar-refractivity contribution in [3.05, 3.63) is 66.5 Å². The van der Waals surface area contributed by atoms with Crippen LogP contribution in [0, 0.1) is 3.57 Å². The lowest BCUT2D eigenvalue weighted by Gasteiger charge is -2.06.